The predicted octanol–water partition coefficient (Wildman–Crippen LogP) is 2.13. The van der Waals surface area contributed by atoms with E-state index < -0.39 is 21.4 Å². The molecule has 1 aliphatic heterocycles. The van der Waals surface area contributed by atoms with Gasteiger partial charge in [-0.05, 0) is 43.0 Å². The quantitative estimate of drug-likeness (QED) is 0.829. The molecule has 1 aromatic heterocycles. The van der Waals surface area contributed by atoms with Crippen molar-refractivity contribution in [2.24, 2.45) is 0 Å². The van der Waals surface area contributed by atoms with E-state index in [1.807, 2.05) is 19.1 Å². The van der Waals surface area contributed by atoms with Crippen LogP contribution >= 0.6 is 0 Å². The van der Waals surface area contributed by atoms with Crippen molar-refractivity contribution in [1.29, 1.82) is 0 Å². The highest BCUT2D eigenvalue weighted by Crippen LogP contribution is 2.31. The molecule has 1 aromatic carbocycles. The second kappa shape index (κ2) is 8.11. The Morgan fingerprint density at radius 3 is 2.58 bits per heavy atom. The normalized spacial score (nSPS) is 20.7. The average molecular weight is 377 g/mol. The number of benzene rings is 1. The van der Waals surface area contributed by atoms with Gasteiger partial charge in [0, 0.05) is 25.5 Å². The molecule has 1 N–H and O–H groups in total. The maximum atomic E-state index is 12.9. The Labute approximate surface area is 153 Å². The van der Waals surface area contributed by atoms with Crippen molar-refractivity contribution >= 4 is 10.0 Å². The number of rotatable bonds is 6. The van der Waals surface area contributed by atoms with E-state index in [2.05, 4.69) is 14.7 Å². The highest BCUT2D eigenvalue weighted by Gasteiger charge is 2.38. The monoisotopic (exact) mass is 377 g/mol. The summed E-state index contributed by atoms with van der Waals surface area (Å²) in [5.74, 6) is 1.14. The Hall–Kier alpha value is -2.03. The van der Waals surface area contributed by atoms with Gasteiger partial charge in [-0.3, -0.25) is 0 Å². The summed E-state index contributed by atoms with van der Waals surface area (Å²) in [4.78, 5) is 8.52. The van der Waals surface area contributed by atoms with E-state index in [0.29, 0.717) is 25.3 Å². The van der Waals surface area contributed by atoms with Crippen molar-refractivity contribution in [2.45, 2.75) is 37.7 Å². The first-order valence-corrected chi connectivity index (χ1v) is 10.1. The van der Waals surface area contributed by atoms with Crippen LogP contribution in [0.5, 0.6) is 5.75 Å². The molecule has 1 saturated heterocycles. The molecule has 0 spiro atoms. The fourth-order valence-corrected chi connectivity index (χ4v) is 4.48. The Morgan fingerprint density at radius 1 is 1.23 bits per heavy atom. The van der Waals surface area contributed by atoms with Gasteiger partial charge < -0.3 is 9.47 Å². The van der Waals surface area contributed by atoms with Gasteiger partial charge in [-0.15, -0.1) is 0 Å². The van der Waals surface area contributed by atoms with Crippen LogP contribution in [0.3, 0.4) is 0 Å². The van der Waals surface area contributed by atoms with Crippen LogP contribution in [0.1, 0.15) is 35.9 Å². The summed E-state index contributed by atoms with van der Waals surface area (Å²) in [6.45, 7) is 2.60. The summed E-state index contributed by atoms with van der Waals surface area (Å²) in [5, 5.41) is -0.711. The van der Waals surface area contributed by atoms with E-state index in [0.717, 1.165) is 16.9 Å². The summed E-state index contributed by atoms with van der Waals surface area (Å²) in [6, 6.07) is 7.27. The van der Waals surface area contributed by atoms with Crippen LogP contribution < -0.4 is 9.46 Å². The lowest BCUT2D eigenvalue weighted by molar-refractivity contribution is 0.0122. The Balaban J connectivity index is 1.73. The van der Waals surface area contributed by atoms with Gasteiger partial charge in [0.25, 0.3) is 0 Å². The topological polar surface area (TPSA) is 90.4 Å². The summed E-state index contributed by atoms with van der Waals surface area (Å²) >= 11 is 0. The Bertz CT molecular complexity index is 823. The average Bonchev–Trinajstić information content (AvgIpc) is 2.67. The molecule has 0 bridgehead atoms. The lowest BCUT2D eigenvalue weighted by atomic mass is 10.1. The molecule has 0 unspecified atom stereocenters. The third kappa shape index (κ3) is 4.38. The number of ether oxygens (including phenoxy) is 2. The highest BCUT2D eigenvalue weighted by molar-refractivity contribution is 7.90. The molecule has 0 radical (unpaired) electrons. The standard InChI is InChI=1S/C18H23N3O4S/c1-13-10-19-18(20-11-13)17-16(4-3-9-25-17)26(22,23)21-12-14-5-7-15(24-2)8-6-14/h5-8,10-11,16-17,21H,3-4,9,12H2,1-2H3/t16-,17+/m0/s1. The van der Waals surface area contributed by atoms with Gasteiger partial charge in [0.05, 0.1) is 7.11 Å². The third-order valence-electron chi connectivity index (χ3n) is 4.36. The number of sulfonamides is 1. The molecule has 8 heteroatoms. The third-order valence-corrected chi connectivity index (χ3v) is 6.19. The number of nitrogens with one attached hydrogen (secondary N) is 1. The minimum Gasteiger partial charge on any atom is -0.497 e. The zero-order chi connectivity index (χ0) is 18.6. The van der Waals surface area contributed by atoms with E-state index in [1.165, 1.54) is 0 Å². The lowest BCUT2D eigenvalue weighted by Gasteiger charge is -2.30. The molecular formula is C18H23N3O4S. The van der Waals surface area contributed by atoms with Crippen LogP contribution in [-0.2, 0) is 21.3 Å². The van der Waals surface area contributed by atoms with Crippen molar-refractivity contribution in [1.82, 2.24) is 14.7 Å². The molecule has 1 fully saturated rings. The molecule has 1 aliphatic rings. The highest BCUT2D eigenvalue weighted by atomic mass is 32.2. The molecule has 3 rings (SSSR count). The van der Waals surface area contributed by atoms with Gasteiger partial charge in [0.1, 0.15) is 17.1 Å². The van der Waals surface area contributed by atoms with Crippen molar-refractivity contribution in [3.8, 4) is 5.75 Å². The van der Waals surface area contributed by atoms with Crippen LogP contribution in [0.4, 0.5) is 0 Å². The molecule has 2 aromatic rings. The number of nitrogens with zero attached hydrogens (tertiary/aromatic N) is 2. The number of aryl methyl sites for hydroxylation is 1. The molecule has 7 nitrogen and oxygen atoms in total. The van der Waals surface area contributed by atoms with Gasteiger partial charge >= 0.3 is 0 Å². The van der Waals surface area contributed by atoms with Crippen molar-refractivity contribution in [3.05, 3.63) is 53.6 Å². The molecule has 2 heterocycles. The first-order valence-electron chi connectivity index (χ1n) is 8.51. The molecule has 26 heavy (non-hydrogen) atoms. The molecule has 0 amide bonds. The van der Waals surface area contributed by atoms with E-state index in [1.54, 1.807) is 31.6 Å². The molecular weight excluding hydrogens is 354 g/mol. The van der Waals surface area contributed by atoms with Crippen molar-refractivity contribution in [3.63, 3.8) is 0 Å². The maximum Gasteiger partial charge on any atom is 0.217 e. The molecule has 140 valence electrons. The van der Waals surface area contributed by atoms with Crippen LogP contribution in [0, 0.1) is 6.92 Å². The van der Waals surface area contributed by atoms with E-state index in [4.69, 9.17) is 9.47 Å². The first-order chi connectivity index (χ1) is 12.5. The van der Waals surface area contributed by atoms with Gasteiger partial charge in [-0.25, -0.2) is 23.1 Å². The SMILES string of the molecule is COc1ccc(CNS(=O)(=O)[C@H]2CCCO[C@H]2c2ncc(C)cn2)cc1. The van der Waals surface area contributed by atoms with Crippen LogP contribution in [0.2, 0.25) is 0 Å². The minimum atomic E-state index is -3.59. The van der Waals surface area contributed by atoms with Gasteiger partial charge in [-0.1, -0.05) is 12.1 Å². The first kappa shape index (κ1) is 18.8. The largest absolute Gasteiger partial charge is 0.497 e. The molecule has 0 saturated carbocycles. The fraction of sp³-hybridized carbons (Fsp3) is 0.444. The Kier molecular flexibility index (Phi) is 5.85. The van der Waals surface area contributed by atoms with Crippen molar-refractivity contribution in [2.75, 3.05) is 13.7 Å². The van der Waals surface area contributed by atoms with Crippen LogP contribution in [0.25, 0.3) is 0 Å². The van der Waals surface area contributed by atoms with Crippen LogP contribution in [0.15, 0.2) is 36.7 Å². The summed E-state index contributed by atoms with van der Waals surface area (Å²) in [7, 11) is -2.00. The second-order valence-electron chi connectivity index (χ2n) is 6.30. The van der Waals surface area contributed by atoms with E-state index in [-0.39, 0.29) is 6.54 Å². The minimum absolute atomic E-state index is 0.213. The Morgan fingerprint density at radius 2 is 1.92 bits per heavy atom. The number of aromatic nitrogens is 2. The van der Waals surface area contributed by atoms with Gasteiger partial charge in [0.2, 0.25) is 10.0 Å². The number of hydrogen-bond acceptors (Lipinski definition) is 6. The van der Waals surface area contributed by atoms with Crippen LogP contribution in [-0.4, -0.2) is 37.4 Å². The summed E-state index contributed by atoms with van der Waals surface area (Å²) in [5.41, 5.74) is 1.77. The summed E-state index contributed by atoms with van der Waals surface area (Å²) in [6.07, 6.45) is 3.90. The van der Waals surface area contributed by atoms with E-state index in [9.17, 15) is 8.42 Å². The fourth-order valence-electron chi connectivity index (χ4n) is 2.90. The van der Waals surface area contributed by atoms with Crippen molar-refractivity contribution < 1.29 is 17.9 Å². The predicted molar refractivity (Wildman–Crippen MR) is 97.2 cm³/mol. The van der Waals surface area contributed by atoms with E-state index >= 15 is 0 Å². The van der Waals surface area contributed by atoms with Gasteiger partial charge in [0.15, 0.2) is 5.82 Å². The smallest absolute Gasteiger partial charge is 0.217 e. The zero-order valence-corrected chi connectivity index (χ0v) is 15.7. The summed E-state index contributed by atoms with van der Waals surface area (Å²) < 4.78 is 39.2. The second-order valence-corrected chi connectivity index (χ2v) is 8.29. The molecule has 2 atom stereocenters. The lowest BCUT2D eigenvalue weighted by Crippen LogP contribution is -2.41. The van der Waals surface area contributed by atoms with Gasteiger partial charge in [-0.2, -0.15) is 0 Å². The molecule has 0 aliphatic carbocycles. The maximum absolute atomic E-state index is 12.9. The zero-order valence-electron chi connectivity index (χ0n) is 14.9. The number of methoxy groups -OCH3 is 1. The number of hydrogen-bond donors (Lipinski definition) is 1.